The predicted octanol–water partition coefficient (Wildman–Crippen LogP) is 8.58. The molecule has 2 atom stereocenters. The summed E-state index contributed by atoms with van der Waals surface area (Å²) in [6, 6.07) is 1.28. The van der Waals surface area contributed by atoms with Gasteiger partial charge in [0.05, 0.1) is 0 Å². The first-order chi connectivity index (χ1) is 13.6. The Bertz CT molecular complexity index is 1010. The molecule has 4 aliphatic rings. The van der Waals surface area contributed by atoms with E-state index in [9.17, 15) is 0 Å². The fraction of sp³-hybridized carbons (Fsp3) is 0.517. The van der Waals surface area contributed by atoms with Crippen molar-refractivity contribution < 1.29 is 0 Å². The van der Waals surface area contributed by atoms with Crippen LogP contribution in [0, 0.1) is 21.7 Å². The molecule has 0 heterocycles. The van der Waals surface area contributed by atoms with Gasteiger partial charge < -0.3 is 0 Å². The molecule has 0 fully saturated rings. The maximum atomic E-state index is 2.54. The lowest BCUT2D eigenvalue weighted by Gasteiger charge is -2.60. The van der Waals surface area contributed by atoms with Crippen LogP contribution in [-0.4, -0.2) is 8.07 Å². The van der Waals surface area contributed by atoms with E-state index in [1.54, 1.807) is 0 Å². The third-order valence-corrected chi connectivity index (χ3v) is 9.24. The van der Waals surface area contributed by atoms with Crippen molar-refractivity contribution in [1.82, 2.24) is 0 Å². The molecule has 0 bridgehead atoms. The number of hydrogen-bond donors (Lipinski definition) is 0. The Labute approximate surface area is 185 Å². The van der Waals surface area contributed by atoms with E-state index >= 15 is 0 Å². The molecule has 0 aromatic heterocycles. The molecule has 0 saturated heterocycles. The lowest BCUT2D eigenvalue weighted by Crippen LogP contribution is -2.52. The smallest absolute Gasteiger partial charge is 0.0455 e. The van der Waals surface area contributed by atoms with Gasteiger partial charge in [0.25, 0.3) is 0 Å². The predicted molar refractivity (Wildman–Crippen MR) is 135 cm³/mol. The first-order valence-electron chi connectivity index (χ1n) is 11.6. The van der Waals surface area contributed by atoms with Crippen LogP contribution in [0.15, 0.2) is 82.0 Å². The molecule has 1 heteroatoms. The molecular formula is C29H40Si. The molecule has 0 aliphatic heterocycles. The van der Waals surface area contributed by atoms with Crippen molar-refractivity contribution in [3.8, 4) is 0 Å². The molecule has 0 N–H and O–H groups in total. The van der Waals surface area contributed by atoms with E-state index in [0.29, 0.717) is 0 Å². The summed E-state index contributed by atoms with van der Waals surface area (Å²) in [6.07, 6.45) is 19.8. The highest BCUT2D eigenvalue weighted by Crippen LogP contribution is 2.69. The molecule has 0 saturated carbocycles. The van der Waals surface area contributed by atoms with Crippen molar-refractivity contribution in [2.24, 2.45) is 21.7 Å². The average molecular weight is 417 g/mol. The second-order valence-electron chi connectivity index (χ2n) is 13.2. The molecule has 160 valence electrons. The molecule has 2 unspecified atom stereocenters. The highest BCUT2D eigenvalue weighted by Gasteiger charge is 2.60. The van der Waals surface area contributed by atoms with E-state index < -0.39 is 8.07 Å². The van der Waals surface area contributed by atoms with E-state index in [-0.39, 0.29) is 21.7 Å². The van der Waals surface area contributed by atoms with Crippen LogP contribution in [0.4, 0.5) is 0 Å². The van der Waals surface area contributed by atoms with Gasteiger partial charge in [-0.15, -0.1) is 0 Å². The van der Waals surface area contributed by atoms with Gasteiger partial charge in [-0.2, -0.15) is 0 Å². The van der Waals surface area contributed by atoms with Gasteiger partial charge >= 0.3 is 0 Å². The molecule has 0 radical (unpaired) electrons. The molecule has 0 nitrogen and oxygen atoms in total. The standard InChI is InChI=1S/C29H40Si/c1-26(2,3)24-15-20-11-13-22-17-25(27(4,5)6)18-23-14-12-21(16-24)28(20,7)29(22,23)19-30(8,9)10/h11-18H,19H2,1-10H3. The van der Waals surface area contributed by atoms with E-state index in [0.717, 1.165) is 0 Å². The second kappa shape index (κ2) is 6.22. The summed E-state index contributed by atoms with van der Waals surface area (Å²) in [5.74, 6) is 0. The van der Waals surface area contributed by atoms with Crippen LogP contribution < -0.4 is 0 Å². The van der Waals surface area contributed by atoms with Gasteiger partial charge in [-0.3, -0.25) is 0 Å². The van der Waals surface area contributed by atoms with Crippen molar-refractivity contribution in [3.05, 3.63) is 82.0 Å². The number of allylic oxidation sites excluding steroid dienone is 14. The fourth-order valence-corrected chi connectivity index (χ4v) is 8.26. The van der Waals surface area contributed by atoms with Gasteiger partial charge in [0.2, 0.25) is 0 Å². The average Bonchev–Trinajstić information content (AvgIpc) is 2.56. The minimum absolute atomic E-state index is 0.00656. The summed E-state index contributed by atoms with van der Waals surface area (Å²) in [7, 11) is -1.36. The Kier molecular flexibility index (Phi) is 4.48. The second-order valence-corrected chi connectivity index (χ2v) is 18.7. The van der Waals surface area contributed by atoms with Gasteiger partial charge in [-0.25, -0.2) is 0 Å². The molecule has 4 rings (SSSR count). The quantitative estimate of drug-likeness (QED) is 0.395. The van der Waals surface area contributed by atoms with Gasteiger partial charge in [0.1, 0.15) is 0 Å². The van der Waals surface area contributed by atoms with Crippen LogP contribution in [0.5, 0.6) is 0 Å². The Balaban J connectivity index is 2.05. The van der Waals surface area contributed by atoms with Crippen molar-refractivity contribution in [1.29, 1.82) is 0 Å². The third-order valence-electron chi connectivity index (χ3n) is 7.65. The van der Waals surface area contributed by atoms with E-state index in [2.05, 4.69) is 117 Å². The summed E-state index contributed by atoms with van der Waals surface area (Å²) >= 11 is 0. The van der Waals surface area contributed by atoms with Crippen molar-refractivity contribution in [2.75, 3.05) is 0 Å². The van der Waals surface area contributed by atoms with Crippen LogP contribution >= 0.6 is 0 Å². The summed E-state index contributed by atoms with van der Waals surface area (Å²) in [5.41, 5.74) is 9.31. The van der Waals surface area contributed by atoms with Gasteiger partial charge in [-0.05, 0) is 50.3 Å². The lowest BCUT2D eigenvalue weighted by molar-refractivity contribution is 0.242. The molecular weight excluding hydrogens is 376 g/mol. The van der Waals surface area contributed by atoms with Crippen LogP contribution in [0.25, 0.3) is 0 Å². The van der Waals surface area contributed by atoms with E-state index in [1.165, 1.54) is 39.5 Å². The maximum Gasteiger partial charge on any atom is 0.0455 e. The first-order valence-corrected chi connectivity index (χ1v) is 15.3. The Morgan fingerprint density at radius 1 is 0.667 bits per heavy atom. The molecule has 4 aliphatic carbocycles. The zero-order valence-corrected chi connectivity index (χ0v) is 21.8. The van der Waals surface area contributed by atoms with Crippen molar-refractivity contribution in [2.45, 2.75) is 74.2 Å². The monoisotopic (exact) mass is 416 g/mol. The van der Waals surface area contributed by atoms with Crippen molar-refractivity contribution in [3.63, 3.8) is 0 Å². The Hall–Kier alpha value is -1.60. The SMILES string of the molecule is CC(C)(C)C1=CC2=CC=C3C=C(C(C)(C)C)C=C4C=CC(=C1)C2(C)C34C[Si](C)(C)C. The third kappa shape index (κ3) is 3.00. The molecule has 0 aromatic carbocycles. The highest BCUT2D eigenvalue weighted by molar-refractivity contribution is 6.76. The highest BCUT2D eigenvalue weighted by atomic mass is 28.3. The van der Waals surface area contributed by atoms with Crippen molar-refractivity contribution >= 4 is 8.07 Å². The number of rotatable bonds is 2. The van der Waals surface area contributed by atoms with E-state index in [1.807, 2.05) is 0 Å². The normalized spacial score (nSPS) is 30.5. The zero-order valence-electron chi connectivity index (χ0n) is 20.8. The van der Waals surface area contributed by atoms with Crippen LogP contribution in [0.3, 0.4) is 0 Å². The summed E-state index contributed by atoms with van der Waals surface area (Å²) < 4.78 is 0. The van der Waals surface area contributed by atoms with Gasteiger partial charge in [-0.1, -0.05) is 117 Å². The van der Waals surface area contributed by atoms with Gasteiger partial charge in [0, 0.05) is 18.9 Å². The zero-order chi connectivity index (χ0) is 22.3. The minimum Gasteiger partial charge on any atom is -0.0695 e. The Morgan fingerprint density at radius 3 is 1.67 bits per heavy atom. The lowest BCUT2D eigenvalue weighted by atomic mass is 9.45. The van der Waals surface area contributed by atoms with Crippen LogP contribution in [0.1, 0.15) is 48.5 Å². The number of hydrogen-bond acceptors (Lipinski definition) is 0. The largest absolute Gasteiger partial charge is 0.0695 e. The summed E-state index contributed by atoms with van der Waals surface area (Å²) in [4.78, 5) is 0. The van der Waals surface area contributed by atoms with Gasteiger partial charge in [0.15, 0.2) is 0 Å². The Morgan fingerprint density at radius 2 is 1.13 bits per heavy atom. The summed E-state index contributed by atoms with van der Waals surface area (Å²) in [5, 5.41) is 0. The summed E-state index contributed by atoms with van der Waals surface area (Å²) in [6.45, 7) is 24.1. The molecule has 0 amide bonds. The molecule has 0 spiro atoms. The van der Waals surface area contributed by atoms with Crippen LogP contribution in [0.2, 0.25) is 25.7 Å². The molecule has 0 aromatic rings. The fourth-order valence-electron chi connectivity index (χ4n) is 5.90. The first kappa shape index (κ1) is 21.6. The topological polar surface area (TPSA) is 0 Å². The molecule has 30 heavy (non-hydrogen) atoms. The van der Waals surface area contributed by atoms with Crippen LogP contribution in [-0.2, 0) is 0 Å². The minimum atomic E-state index is -1.36. The van der Waals surface area contributed by atoms with E-state index in [4.69, 9.17) is 0 Å². The maximum absolute atomic E-state index is 2.54.